The van der Waals surface area contributed by atoms with Crippen molar-refractivity contribution in [3.63, 3.8) is 0 Å². The van der Waals surface area contributed by atoms with Crippen LogP contribution in [0.25, 0.3) is 0 Å². The van der Waals surface area contributed by atoms with Gasteiger partial charge in [0.25, 0.3) is 5.56 Å². The Morgan fingerprint density at radius 1 is 1.59 bits per heavy atom. The number of carboxylic acid groups (broad SMARTS) is 1. The molecule has 1 rings (SSSR count). The number of aromatic amines is 1. The van der Waals surface area contributed by atoms with Gasteiger partial charge in [-0.3, -0.25) is 14.3 Å². The zero-order chi connectivity index (χ0) is 13.0. The van der Waals surface area contributed by atoms with Crippen LogP contribution in [0.4, 0.5) is 0 Å². The molecule has 0 fully saturated rings. The molecule has 1 unspecified atom stereocenters. The molecule has 1 aromatic heterocycles. The van der Waals surface area contributed by atoms with Crippen LogP contribution in [0.3, 0.4) is 0 Å². The summed E-state index contributed by atoms with van der Waals surface area (Å²) in [7, 11) is 0. The molecule has 94 valence electrons. The summed E-state index contributed by atoms with van der Waals surface area (Å²) in [6, 6.07) is -0.148. The van der Waals surface area contributed by atoms with E-state index in [1.165, 1.54) is 4.57 Å². The van der Waals surface area contributed by atoms with Gasteiger partial charge in [-0.25, -0.2) is 9.59 Å². The average Bonchev–Trinajstić information content (AvgIpc) is 2.25. The first-order valence-corrected chi connectivity index (χ1v) is 6.44. The molecule has 0 bridgehead atoms. The van der Waals surface area contributed by atoms with E-state index in [4.69, 9.17) is 5.11 Å². The van der Waals surface area contributed by atoms with Crippen molar-refractivity contribution in [1.29, 1.82) is 0 Å². The van der Waals surface area contributed by atoms with Crippen LogP contribution in [0.1, 0.15) is 29.7 Å². The fourth-order valence-corrected chi connectivity index (χ4v) is 1.97. The molecule has 0 radical (unpaired) electrons. The Kier molecular flexibility index (Phi) is 4.56. The summed E-state index contributed by atoms with van der Waals surface area (Å²) >= 11 is 1.64. The number of hydrogen-bond donors (Lipinski definition) is 2. The first-order chi connectivity index (χ1) is 7.97. The van der Waals surface area contributed by atoms with Crippen molar-refractivity contribution >= 4 is 17.7 Å². The Bertz CT molecular complexity index is 520. The summed E-state index contributed by atoms with van der Waals surface area (Å²) < 4.78 is 1.25. The zero-order valence-electron chi connectivity index (χ0n) is 9.60. The van der Waals surface area contributed by atoms with E-state index >= 15 is 0 Å². The van der Waals surface area contributed by atoms with E-state index in [0.717, 1.165) is 18.4 Å². The minimum Gasteiger partial charge on any atom is -0.477 e. The maximum atomic E-state index is 11.5. The Morgan fingerprint density at radius 3 is 2.76 bits per heavy atom. The molecule has 0 aromatic carbocycles. The fourth-order valence-electron chi connectivity index (χ4n) is 1.39. The SMILES string of the molecule is CSCCC(C)n1cc(C(=O)O)c(=O)[nH]c1=O. The Balaban J connectivity index is 3.16. The van der Waals surface area contributed by atoms with E-state index in [-0.39, 0.29) is 6.04 Å². The number of hydrogen-bond acceptors (Lipinski definition) is 4. The van der Waals surface area contributed by atoms with Crippen molar-refractivity contribution in [1.82, 2.24) is 9.55 Å². The number of H-pyrrole nitrogens is 1. The van der Waals surface area contributed by atoms with Gasteiger partial charge in [0.05, 0.1) is 0 Å². The van der Waals surface area contributed by atoms with Gasteiger partial charge in [-0.2, -0.15) is 11.8 Å². The largest absolute Gasteiger partial charge is 0.477 e. The molecule has 1 heterocycles. The number of aromatic nitrogens is 2. The molecule has 0 spiro atoms. The van der Waals surface area contributed by atoms with Crippen LogP contribution in [-0.2, 0) is 0 Å². The molecule has 1 aromatic rings. The number of thioether (sulfide) groups is 1. The van der Waals surface area contributed by atoms with Gasteiger partial charge in [0, 0.05) is 12.2 Å². The molecule has 2 N–H and O–H groups in total. The Labute approximate surface area is 102 Å². The maximum Gasteiger partial charge on any atom is 0.342 e. The normalized spacial score (nSPS) is 12.4. The van der Waals surface area contributed by atoms with E-state index in [0.29, 0.717) is 0 Å². The van der Waals surface area contributed by atoms with Gasteiger partial charge in [0.2, 0.25) is 0 Å². The van der Waals surface area contributed by atoms with Crippen LogP contribution in [0.2, 0.25) is 0 Å². The van der Waals surface area contributed by atoms with E-state index in [2.05, 4.69) is 0 Å². The predicted octanol–water partition coefficient (Wildman–Crippen LogP) is 0.549. The topological polar surface area (TPSA) is 92.2 Å². The first-order valence-electron chi connectivity index (χ1n) is 5.05. The molecule has 0 aliphatic rings. The van der Waals surface area contributed by atoms with Crippen LogP contribution in [0.5, 0.6) is 0 Å². The molecule has 0 saturated carbocycles. The Morgan fingerprint density at radius 2 is 2.24 bits per heavy atom. The molecule has 1 atom stereocenters. The standard InChI is InChI=1S/C10H14N2O4S/c1-6(3-4-17-2)12-5-7(9(14)15)8(13)11-10(12)16/h5-6H,3-4H2,1-2H3,(H,14,15)(H,11,13,16). The smallest absolute Gasteiger partial charge is 0.342 e. The highest BCUT2D eigenvalue weighted by Gasteiger charge is 2.14. The van der Waals surface area contributed by atoms with Crippen molar-refractivity contribution in [3.8, 4) is 0 Å². The van der Waals surface area contributed by atoms with Gasteiger partial charge in [-0.15, -0.1) is 0 Å². The van der Waals surface area contributed by atoms with Crippen molar-refractivity contribution < 1.29 is 9.90 Å². The van der Waals surface area contributed by atoms with Crippen LogP contribution in [-0.4, -0.2) is 32.6 Å². The molecule has 0 amide bonds. The number of rotatable bonds is 5. The molecule has 6 nitrogen and oxygen atoms in total. The second-order valence-corrected chi connectivity index (χ2v) is 4.63. The molecule has 17 heavy (non-hydrogen) atoms. The van der Waals surface area contributed by atoms with Crippen molar-refractivity contribution in [3.05, 3.63) is 32.6 Å². The maximum absolute atomic E-state index is 11.5. The third kappa shape index (κ3) is 3.23. The van der Waals surface area contributed by atoms with Gasteiger partial charge in [-0.1, -0.05) is 0 Å². The summed E-state index contributed by atoms with van der Waals surface area (Å²) in [6.07, 6.45) is 3.78. The monoisotopic (exact) mass is 258 g/mol. The minimum atomic E-state index is -1.34. The number of carboxylic acids is 1. The zero-order valence-corrected chi connectivity index (χ0v) is 10.4. The molecule has 7 heteroatoms. The lowest BCUT2D eigenvalue weighted by molar-refractivity contribution is 0.0693. The van der Waals surface area contributed by atoms with Crippen LogP contribution < -0.4 is 11.2 Å². The van der Waals surface area contributed by atoms with Crippen molar-refractivity contribution in [2.75, 3.05) is 12.0 Å². The molecular formula is C10H14N2O4S. The molecule has 0 aliphatic carbocycles. The minimum absolute atomic E-state index is 0.148. The highest BCUT2D eigenvalue weighted by molar-refractivity contribution is 7.98. The van der Waals surface area contributed by atoms with Crippen molar-refractivity contribution in [2.45, 2.75) is 19.4 Å². The molecule has 0 aliphatic heterocycles. The van der Waals surface area contributed by atoms with Gasteiger partial charge in [0.15, 0.2) is 0 Å². The van der Waals surface area contributed by atoms with Gasteiger partial charge in [-0.05, 0) is 25.4 Å². The van der Waals surface area contributed by atoms with E-state index in [1.807, 2.05) is 18.2 Å². The first kappa shape index (κ1) is 13.6. The van der Waals surface area contributed by atoms with Gasteiger partial charge in [0.1, 0.15) is 5.56 Å². The number of nitrogens with one attached hydrogen (secondary N) is 1. The van der Waals surface area contributed by atoms with Gasteiger partial charge >= 0.3 is 11.7 Å². The van der Waals surface area contributed by atoms with Crippen molar-refractivity contribution in [2.24, 2.45) is 0 Å². The van der Waals surface area contributed by atoms with Crippen LogP contribution in [0.15, 0.2) is 15.8 Å². The highest BCUT2D eigenvalue weighted by atomic mass is 32.2. The number of aromatic carboxylic acids is 1. The van der Waals surface area contributed by atoms with Crippen LogP contribution >= 0.6 is 11.8 Å². The predicted molar refractivity (Wildman–Crippen MR) is 66.0 cm³/mol. The van der Waals surface area contributed by atoms with E-state index < -0.39 is 22.8 Å². The summed E-state index contributed by atoms with van der Waals surface area (Å²) in [4.78, 5) is 35.5. The number of carbonyl (C=O) groups is 1. The molecular weight excluding hydrogens is 244 g/mol. The second-order valence-electron chi connectivity index (χ2n) is 3.64. The van der Waals surface area contributed by atoms with E-state index in [9.17, 15) is 14.4 Å². The quantitative estimate of drug-likeness (QED) is 0.804. The lowest BCUT2D eigenvalue weighted by Gasteiger charge is -2.14. The summed E-state index contributed by atoms with van der Waals surface area (Å²) in [5, 5.41) is 8.80. The second kappa shape index (κ2) is 5.72. The summed E-state index contributed by atoms with van der Waals surface area (Å²) in [5.41, 5.74) is -1.86. The summed E-state index contributed by atoms with van der Waals surface area (Å²) in [6.45, 7) is 1.81. The number of nitrogens with zero attached hydrogens (tertiary/aromatic N) is 1. The average molecular weight is 258 g/mol. The van der Waals surface area contributed by atoms with E-state index in [1.54, 1.807) is 11.8 Å². The summed E-state index contributed by atoms with van der Waals surface area (Å²) in [5.74, 6) is -0.480. The van der Waals surface area contributed by atoms with Crippen LogP contribution in [0, 0.1) is 0 Å². The third-order valence-electron chi connectivity index (χ3n) is 2.41. The highest BCUT2D eigenvalue weighted by Crippen LogP contribution is 2.10. The third-order valence-corrected chi connectivity index (χ3v) is 3.06. The van der Waals surface area contributed by atoms with Gasteiger partial charge < -0.3 is 5.11 Å². The fraction of sp³-hybridized carbons (Fsp3) is 0.500. The Hall–Kier alpha value is -1.50. The lowest BCUT2D eigenvalue weighted by atomic mass is 10.2. The molecule has 0 saturated heterocycles. The lowest BCUT2D eigenvalue weighted by Crippen LogP contribution is -2.34.